The van der Waals surface area contributed by atoms with Gasteiger partial charge in [0.2, 0.25) is 5.91 Å². The smallest absolute Gasteiger partial charge is 0.491 e. The minimum atomic E-state index is -2.04. The van der Waals surface area contributed by atoms with E-state index in [-0.39, 0.29) is 12.3 Å². The quantitative estimate of drug-likeness (QED) is 0.345. The van der Waals surface area contributed by atoms with Crippen molar-refractivity contribution in [2.75, 3.05) is 5.32 Å². The van der Waals surface area contributed by atoms with Crippen molar-refractivity contribution >= 4 is 42.1 Å². The van der Waals surface area contributed by atoms with Crippen molar-refractivity contribution in [1.29, 1.82) is 0 Å². The van der Waals surface area contributed by atoms with E-state index in [9.17, 15) is 39.5 Å². The second kappa shape index (κ2) is 10.7. The number of carbonyl (C=O) groups excluding carboxylic acids is 4. The number of carboxylic acid groups (broad SMARTS) is 3. The molecule has 0 saturated carbocycles. The third-order valence-electron chi connectivity index (χ3n) is 6.47. The highest BCUT2D eigenvalue weighted by Crippen LogP contribution is 2.37. The van der Waals surface area contributed by atoms with Gasteiger partial charge < -0.3 is 44.7 Å². The molecule has 1 heterocycles. The molecule has 35 heavy (non-hydrogen) atoms. The summed E-state index contributed by atoms with van der Waals surface area (Å²) in [7, 11) is -1.22. The summed E-state index contributed by atoms with van der Waals surface area (Å²) in [6.45, 7) is 2.65. The third kappa shape index (κ3) is 5.52. The van der Waals surface area contributed by atoms with Gasteiger partial charge in [-0.1, -0.05) is 50.2 Å². The highest BCUT2D eigenvalue weighted by atomic mass is 16.5. The Morgan fingerprint density at radius 1 is 0.914 bits per heavy atom. The van der Waals surface area contributed by atoms with Crippen molar-refractivity contribution in [3.8, 4) is 0 Å². The Morgan fingerprint density at radius 2 is 1.54 bits per heavy atom. The third-order valence-corrected chi connectivity index (χ3v) is 6.47. The predicted octanol–water partition coefficient (Wildman–Crippen LogP) is -2.62. The first kappa shape index (κ1) is 25.9. The number of aliphatic carboxylic acids is 3. The minimum absolute atomic E-state index is 0.131. The molecule has 0 fully saturated rings. The number of rotatable bonds is 10. The van der Waals surface area contributed by atoms with Gasteiger partial charge in [0.1, 0.15) is 0 Å². The molecule has 2 N–H and O–H groups in total. The summed E-state index contributed by atoms with van der Waals surface area (Å²) in [5, 5.41) is 48.4. The lowest BCUT2D eigenvalue weighted by Crippen LogP contribution is -2.54. The number of hydrogen-bond donors (Lipinski definition) is 2. The van der Waals surface area contributed by atoms with Crippen LogP contribution in [0.2, 0.25) is 0 Å². The largest absolute Gasteiger partial charge is 0.550 e. The number of hydrogen-bond acceptors (Lipinski definition) is 9. The lowest BCUT2D eigenvalue weighted by molar-refractivity contribution is -0.330. The van der Waals surface area contributed by atoms with Crippen LogP contribution < -0.4 is 26.1 Å². The van der Waals surface area contributed by atoms with Gasteiger partial charge in [-0.05, 0) is 34.6 Å². The molecule has 3 rings (SSSR count). The molecule has 5 atom stereocenters. The van der Waals surface area contributed by atoms with E-state index in [0.29, 0.717) is 16.6 Å². The van der Waals surface area contributed by atoms with Crippen LogP contribution in [0.15, 0.2) is 48.5 Å². The number of fused-ring (bicyclic) bond motifs is 1. The van der Waals surface area contributed by atoms with Gasteiger partial charge in [0.15, 0.2) is 0 Å². The first-order valence-corrected chi connectivity index (χ1v) is 10.9. The van der Waals surface area contributed by atoms with E-state index in [1.165, 1.54) is 19.1 Å². The van der Waals surface area contributed by atoms with E-state index in [1.54, 1.807) is 36.4 Å². The van der Waals surface area contributed by atoms with E-state index < -0.39 is 60.5 Å². The molecule has 184 valence electrons. The molecule has 0 spiro atoms. The van der Waals surface area contributed by atoms with E-state index in [0.717, 1.165) is 6.92 Å². The van der Waals surface area contributed by atoms with Gasteiger partial charge in [-0.3, -0.25) is 4.79 Å². The normalized spacial score (nSPS) is 16.9. The molecule has 5 unspecified atom stereocenters. The summed E-state index contributed by atoms with van der Waals surface area (Å²) in [5.74, 6) is -14.8. The minimum Gasteiger partial charge on any atom is -0.550 e. The molecule has 0 saturated heterocycles. The second-order valence-corrected chi connectivity index (χ2v) is 8.59. The zero-order chi connectivity index (χ0) is 25.9. The summed E-state index contributed by atoms with van der Waals surface area (Å²) in [4.78, 5) is 49.4. The van der Waals surface area contributed by atoms with E-state index in [1.807, 2.05) is 0 Å². The number of benzene rings is 2. The molecule has 2 aromatic rings. The SMILES string of the molecule is CC(C(=O)[O-])C(C(=O)[O-])C(C(=O)Nc1ccc2c(c1)B(O)OC2)C(C(=O)[O-])C(C)c1ccccc1. The van der Waals surface area contributed by atoms with Crippen LogP contribution in [0.25, 0.3) is 0 Å². The van der Waals surface area contributed by atoms with Crippen LogP contribution in [0.3, 0.4) is 0 Å². The van der Waals surface area contributed by atoms with Gasteiger partial charge in [0, 0.05) is 41.3 Å². The molecular formula is C24H23BNO9-3. The van der Waals surface area contributed by atoms with Gasteiger partial charge in [-0.25, -0.2) is 0 Å². The monoisotopic (exact) mass is 480 g/mol. The Morgan fingerprint density at radius 3 is 2.11 bits per heavy atom. The van der Waals surface area contributed by atoms with Crippen LogP contribution in [0, 0.1) is 23.7 Å². The molecule has 10 nitrogen and oxygen atoms in total. The number of carboxylic acids is 3. The van der Waals surface area contributed by atoms with Crippen LogP contribution >= 0.6 is 0 Å². The van der Waals surface area contributed by atoms with Crippen molar-refractivity contribution in [1.82, 2.24) is 0 Å². The number of nitrogens with one attached hydrogen (secondary N) is 1. The van der Waals surface area contributed by atoms with Gasteiger partial charge in [-0.2, -0.15) is 0 Å². The molecule has 0 radical (unpaired) electrons. The fourth-order valence-corrected chi connectivity index (χ4v) is 4.50. The highest BCUT2D eigenvalue weighted by molar-refractivity contribution is 6.61. The van der Waals surface area contributed by atoms with Gasteiger partial charge in [0.05, 0.1) is 12.5 Å². The Bertz CT molecular complexity index is 1120. The zero-order valence-electron chi connectivity index (χ0n) is 19.0. The van der Waals surface area contributed by atoms with Crippen LogP contribution in [0.1, 0.15) is 30.9 Å². The van der Waals surface area contributed by atoms with E-state index in [4.69, 9.17) is 4.65 Å². The van der Waals surface area contributed by atoms with Crippen molar-refractivity contribution in [2.45, 2.75) is 26.4 Å². The average molecular weight is 480 g/mol. The van der Waals surface area contributed by atoms with E-state index >= 15 is 0 Å². The topological polar surface area (TPSA) is 179 Å². The summed E-state index contributed by atoms with van der Waals surface area (Å²) in [6, 6.07) is 12.7. The zero-order valence-corrected chi connectivity index (χ0v) is 19.0. The molecule has 1 amide bonds. The standard InChI is InChI=1S/C24H26BNO9/c1-12(14-6-4-3-5-7-14)18(23(30)31)20(19(24(32)33)13(2)22(28)29)21(27)26-16-9-8-15-11-35-25(34)17(15)10-16/h3-10,12-13,18-20,34H,11H2,1-2H3,(H,26,27)(H,28,29)(H,30,31)(H,32,33)/p-3. The number of amides is 1. The maximum atomic E-state index is 13.4. The lowest BCUT2D eigenvalue weighted by atomic mass is 9.69. The van der Waals surface area contributed by atoms with Gasteiger partial charge in [0.25, 0.3) is 0 Å². The number of anilines is 1. The second-order valence-electron chi connectivity index (χ2n) is 8.59. The lowest BCUT2D eigenvalue weighted by Gasteiger charge is -2.40. The summed E-state index contributed by atoms with van der Waals surface area (Å²) in [6.07, 6.45) is 0. The van der Waals surface area contributed by atoms with Crippen molar-refractivity contribution in [2.24, 2.45) is 23.7 Å². The van der Waals surface area contributed by atoms with Crippen molar-refractivity contribution in [3.05, 3.63) is 59.7 Å². The summed E-state index contributed by atoms with van der Waals surface area (Å²) < 4.78 is 5.11. The molecule has 1 aliphatic rings. The molecule has 0 aromatic heterocycles. The molecule has 0 aliphatic carbocycles. The van der Waals surface area contributed by atoms with Crippen LogP contribution in [-0.2, 0) is 30.4 Å². The molecular weight excluding hydrogens is 457 g/mol. The summed E-state index contributed by atoms with van der Waals surface area (Å²) >= 11 is 0. The van der Waals surface area contributed by atoms with Crippen LogP contribution in [0.5, 0.6) is 0 Å². The Hall–Kier alpha value is -3.70. The number of carbonyl (C=O) groups is 4. The Balaban J connectivity index is 2.06. The fraction of sp³-hybridized carbons (Fsp3) is 0.333. The van der Waals surface area contributed by atoms with E-state index in [2.05, 4.69) is 5.32 Å². The molecule has 11 heteroatoms. The molecule has 2 aromatic carbocycles. The van der Waals surface area contributed by atoms with Crippen LogP contribution in [0.4, 0.5) is 5.69 Å². The summed E-state index contributed by atoms with van der Waals surface area (Å²) in [5.41, 5.74) is 1.67. The average Bonchev–Trinajstić information content (AvgIpc) is 3.18. The molecule has 0 bridgehead atoms. The predicted molar refractivity (Wildman–Crippen MR) is 117 cm³/mol. The van der Waals surface area contributed by atoms with Gasteiger partial charge in [-0.15, -0.1) is 0 Å². The maximum absolute atomic E-state index is 13.4. The van der Waals surface area contributed by atoms with Crippen LogP contribution in [-0.4, -0.2) is 36.0 Å². The first-order chi connectivity index (χ1) is 16.5. The Kier molecular flexibility index (Phi) is 7.93. The first-order valence-electron chi connectivity index (χ1n) is 10.9. The van der Waals surface area contributed by atoms with Gasteiger partial charge >= 0.3 is 7.12 Å². The Labute approximate surface area is 201 Å². The van der Waals surface area contributed by atoms with Crippen molar-refractivity contribution in [3.63, 3.8) is 0 Å². The molecule has 1 aliphatic heterocycles. The fourth-order valence-electron chi connectivity index (χ4n) is 4.50. The maximum Gasteiger partial charge on any atom is 0.491 e. The van der Waals surface area contributed by atoms with Crippen molar-refractivity contribution < 1.29 is 44.2 Å². The highest BCUT2D eigenvalue weighted by Gasteiger charge is 2.43.